The molecule has 0 radical (unpaired) electrons. The lowest BCUT2D eigenvalue weighted by Gasteiger charge is -2.22. The van der Waals surface area contributed by atoms with Gasteiger partial charge in [0, 0.05) is 62.7 Å². The summed E-state index contributed by atoms with van der Waals surface area (Å²) in [6, 6.07) is 2.14. The number of nitrogens with zero attached hydrogens (tertiary/aromatic N) is 3. The van der Waals surface area contributed by atoms with Crippen LogP contribution in [0, 0.1) is 5.92 Å². The molecule has 1 aromatic rings. The van der Waals surface area contributed by atoms with E-state index >= 15 is 0 Å². The van der Waals surface area contributed by atoms with Crippen molar-refractivity contribution in [3.05, 3.63) is 22.4 Å². The van der Waals surface area contributed by atoms with Gasteiger partial charge in [-0.15, -0.1) is 24.0 Å². The van der Waals surface area contributed by atoms with E-state index in [-0.39, 0.29) is 24.0 Å². The third kappa shape index (κ3) is 8.14. The van der Waals surface area contributed by atoms with Crippen molar-refractivity contribution in [2.45, 2.75) is 26.3 Å². The first-order valence-corrected chi connectivity index (χ1v) is 9.85. The molecule has 26 heavy (non-hydrogen) atoms. The third-order valence-corrected chi connectivity index (χ3v) is 4.69. The SMILES string of the molecule is CCNC(=NCCCOCC1CCOC1)N(C)Cc1cc(Br)cn1C.I. The largest absolute Gasteiger partial charge is 0.381 e. The van der Waals surface area contributed by atoms with Gasteiger partial charge >= 0.3 is 0 Å². The Balaban J connectivity index is 0.00000338. The van der Waals surface area contributed by atoms with Crippen LogP contribution in [0.25, 0.3) is 0 Å². The van der Waals surface area contributed by atoms with Crippen LogP contribution in [0.2, 0.25) is 0 Å². The number of aromatic nitrogens is 1. The van der Waals surface area contributed by atoms with Gasteiger partial charge in [-0.2, -0.15) is 0 Å². The van der Waals surface area contributed by atoms with E-state index in [0.29, 0.717) is 5.92 Å². The fourth-order valence-electron chi connectivity index (χ4n) is 2.83. The predicted molar refractivity (Wildman–Crippen MR) is 120 cm³/mol. The van der Waals surface area contributed by atoms with Gasteiger partial charge in [0.15, 0.2) is 5.96 Å². The first-order chi connectivity index (χ1) is 12.1. The molecule has 1 saturated heterocycles. The van der Waals surface area contributed by atoms with Crippen LogP contribution in [0.3, 0.4) is 0 Å². The summed E-state index contributed by atoms with van der Waals surface area (Å²) in [7, 11) is 4.13. The quantitative estimate of drug-likeness (QED) is 0.225. The lowest BCUT2D eigenvalue weighted by Crippen LogP contribution is -2.39. The molecule has 0 aromatic carbocycles. The van der Waals surface area contributed by atoms with Crippen molar-refractivity contribution in [1.29, 1.82) is 0 Å². The smallest absolute Gasteiger partial charge is 0.194 e. The Hall–Kier alpha value is -0.320. The highest BCUT2D eigenvalue weighted by Crippen LogP contribution is 2.15. The van der Waals surface area contributed by atoms with Crippen molar-refractivity contribution >= 4 is 45.9 Å². The van der Waals surface area contributed by atoms with Gasteiger partial charge in [-0.3, -0.25) is 4.99 Å². The van der Waals surface area contributed by atoms with Crippen molar-refractivity contribution in [3.63, 3.8) is 0 Å². The molecular weight excluding hydrogens is 511 g/mol. The Labute approximate surface area is 182 Å². The topological polar surface area (TPSA) is 51.0 Å². The summed E-state index contributed by atoms with van der Waals surface area (Å²) in [5.41, 5.74) is 1.24. The molecule has 1 aromatic heterocycles. The minimum Gasteiger partial charge on any atom is -0.381 e. The summed E-state index contributed by atoms with van der Waals surface area (Å²) in [5, 5.41) is 3.36. The Morgan fingerprint density at radius 3 is 2.96 bits per heavy atom. The van der Waals surface area contributed by atoms with Gasteiger partial charge in [-0.1, -0.05) is 0 Å². The second-order valence-corrected chi connectivity index (χ2v) is 7.43. The second-order valence-electron chi connectivity index (χ2n) is 6.51. The van der Waals surface area contributed by atoms with E-state index in [2.05, 4.69) is 64.0 Å². The molecule has 1 fully saturated rings. The zero-order valence-electron chi connectivity index (χ0n) is 16.0. The molecule has 0 spiro atoms. The molecule has 1 atom stereocenters. The van der Waals surface area contributed by atoms with Crippen LogP contribution in [0.1, 0.15) is 25.5 Å². The Kier molecular flexibility index (Phi) is 11.8. The van der Waals surface area contributed by atoms with E-state index in [4.69, 9.17) is 14.5 Å². The first-order valence-electron chi connectivity index (χ1n) is 9.05. The van der Waals surface area contributed by atoms with Gasteiger partial charge in [0.05, 0.1) is 19.8 Å². The van der Waals surface area contributed by atoms with Crippen LogP contribution in [0.5, 0.6) is 0 Å². The fourth-order valence-corrected chi connectivity index (χ4v) is 3.40. The maximum absolute atomic E-state index is 5.74. The number of aryl methyl sites for hydroxylation is 1. The van der Waals surface area contributed by atoms with Gasteiger partial charge in [-0.05, 0) is 41.8 Å². The molecule has 8 heteroatoms. The molecule has 2 heterocycles. The molecule has 0 amide bonds. The minimum absolute atomic E-state index is 0. The molecule has 1 aliphatic rings. The Morgan fingerprint density at radius 2 is 2.35 bits per heavy atom. The number of guanidine groups is 1. The predicted octanol–water partition coefficient (Wildman–Crippen LogP) is 3.25. The Bertz CT molecular complexity index is 547. The number of nitrogens with one attached hydrogen (secondary N) is 1. The average Bonchev–Trinajstić information content (AvgIpc) is 3.19. The fraction of sp³-hybridized carbons (Fsp3) is 0.722. The standard InChI is InChI=1S/C18H31BrN4O2.HI/c1-4-20-18(23(3)12-17-10-16(19)11-22(17)2)21-7-5-8-24-13-15-6-9-25-14-15;/h10-11,15H,4-9,12-14H2,1-3H3,(H,20,21);1H. The van der Waals surface area contributed by atoms with Crippen LogP contribution < -0.4 is 5.32 Å². The average molecular weight is 543 g/mol. The van der Waals surface area contributed by atoms with E-state index in [9.17, 15) is 0 Å². The number of hydrogen-bond donors (Lipinski definition) is 1. The summed E-state index contributed by atoms with van der Waals surface area (Å²) < 4.78 is 14.3. The first kappa shape index (κ1) is 23.7. The number of aliphatic imine (C=N–C) groups is 1. The highest BCUT2D eigenvalue weighted by atomic mass is 127. The monoisotopic (exact) mass is 542 g/mol. The lowest BCUT2D eigenvalue weighted by molar-refractivity contribution is 0.0893. The normalized spacial score (nSPS) is 17.2. The van der Waals surface area contributed by atoms with Crippen LogP contribution in [0.15, 0.2) is 21.7 Å². The van der Waals surface area contributed by atoms with Crippen molar-refractivity contribution in [3.8, 4) is 0 Å². The number of rotatable bonds is 9. The minimum atomic E-state index is 0. The van der Waals surface area contributed by atoms with E-state index in [1.54, 1.807) is 0 Å². The molecule has 0 bridgehead atoms. The maximum Gasteiger partial charge on any atom is 0.194 e. The van der Waals surface area contributed by atoms with Gasteiger partial charge in [0.2, 0.25) is 0 Å². The molecule has 1 aliphatic heterocycles. The van der Waals surface area contributed by atoms with Gasteiger partial charge in [-0.25, -0.2) is 0 Å². The van der Waals surface area contributed by atoms with Gasteiger partial charge in [0.1, 0.15) is 0 Å². The van der Waals surface area contributed by atoms with Crippen LogP contribution in [0.4, 0.5) is 0 Å². The molecule has 0 aliphatic carbocycles. The van der Waals surface area contributed by atoms with Crippen LogP contribution in [-0.2, 0) is 23.1 Å². The summed E-state index contributed by atoms with van der Waals surface area (Å²) in [5.74, 6) is 1.51. The van der Waals surface area contributed by atoms with E-state index in [1.807, 2.05) is 0 Å². The van der Waals surface area contributed by atoms with E-state index in [1.165, 1.54) is 5.69 Å². The molecule has 6 nitrogen and oxygen atoms in total. The van der Waals surface area contributed by atoms with Crippen molar-refractivity contribution in [2.75, 3.05) is 46.6 Å². The summed E-state index contributed by atoms with van der Waals surface area (Å²) in [6.45, 7) is 7.83. The van der Waals surface area contributed by atoms with Gasteiger partial charge in [0.25, 0.3) is 0 Å². The number of hydrogen-bond acceptors (Lipinski definition) is 3. The molecule has 150 valence electrons. The van der Waals surface area contributed by atoms with Crippen molar-refractivity contribution < 1.29 is 9.47 Å². The molecule has 0 saturated carbocycles. The lowest BCUT2D eigenvalue weighted by atomic mass is 10.1. The highest BCUT2D eigenvalue weighted by molar-refractivity contribution is 14.0. The summed E-state index contributed by atoms with van der Waals surface area (Å²) >= 11 is 3.52. The Morgan fingerprint density at radius 1 is 1.54 bits per heavy atom. The van der Waals surface area contributed by atoms with Crippen LogP contribution >= 0.6 is 39.9 Å². The van der Waals surface area contributed by atoms with Crippen molar-refractivity contribution in [1.82, 2.24) is 14.8 Å². The number of ether oxygens (including phenoxy) is 2. The summed E-state index contributed by atoms with van der Waals surface area (Å²) in [4.78, 5) is 6.88. The van der Waals surface area contributed by atoms with E-state index < -0.39 is 0 Å². The molecular formula is C18H32BrIN4O2. The second kappa shape index (κ2) is 13.0. The zero-order chi connectivity index (χ0) is 18.1. The third-order valence-electron chi connectivity index (χ3n) is 4.26. The van der Waals surface area contributed by atoms with Crippen LogP contribution in [-0.4, -0.2) is 62.0 Å². The van der Waals surface area contributed by atoms with E-state index in [0.717, 1.165) is 69.3 Å². The highest BCUT2D eigenvalue weighted by Gasteiger charge is 2.15. The maximum atomic E-state index is 5.74. The van der Waals surface area contributed by atoms with Gasteiger partial charge < -0.3 is 24.3 Å². The molecule has 1 unspecified atom stereocenters. The molecule has 1 N–H and O–H groups in total. The number of halogens is 2. The molecule has 2 rings (SSSR count). The zero-order valence-corrected chi connectivity index (χ0v) is 20.0. The van der Waals surface area contributed by atoms with Crippen molar-refractivity contribution in [2.24, 2.45) is 18.0 Å². The summed E-state index contributed by atoms with van der Waals surface area (Å²) in [6.07, 6.45) is 4.13.